The molecule has 1 aromatic rings. The second kappa shape index (κ2) is 7.63. The zero-order chi connectivity index (χ0) is 13.6. The molecule has 0 amide bonds. The van der Waals surface area contributed by atoms with Crippen LogP contribution >= 0.6 is 27.3 Å². The van der Waals surface area contributed by atoms with Gasteiger partial charge in [-0.25, -0.2) is 0 Å². The van der Waals surface area contributed by atoms with Crippen LogP contribution in [0.4, 0.5) is 0 Å². The van der Waals surface area contributed by atoms with E-state index in [2.05, 4.69) is 65.4 Å². The summed E-state index contributed by atoms with van der Waals surface area (Å²) in [6.07, 6.45) is 1.21. The lowest BCUT2D eigenvalue weighted by atomic mass is 9.87. The largest absolute Gasteiger partial charge is 0.316 e. The van der Waals surface area contributed by atoms with E-state index >= 15 is 0 Å². The molecule has 1 rings (SSSR count). The highest BCUT2D eigenvalue weighted by Gasteiger charge is 2.23. The molecule has 4 heteroatoms. The molecule has 104 valence electrons. The fourth-order valence-corrected chi connectivity index (χ4v) is 3.66. The van der Waals surface area contributed by atoms with E-state index in [1.165, 1.54) is 15.8 Å². The van der Waals surface area contributed by atoms with Gasteiger partial charge in [0.05, 0.1) is 0 Å². The molecule has 0 bridgehead atoms. The molecule has 1 unspecified atom stereocenters. The third-order valence-corrected chi connectivity index (χ3v) is 5.04. The molecule has 0 saturated carbocycles. The van der Waals surface area contributed by atoms with Crippen LogP contribution in [0, 0.1) is 5.41 Å². The van der Waals surface area contributed by atoms with Crippen molar-refractivity contribution in [2.45, 2.75) is 33.7 Å². The van der Waals surface area contributed by atoms with Crippen molar-refractivity contribution in [2.24, 2.45) is 5.41 Å². The van der Waals surface area contributed by atoms with Gasteiger partial charge in [-0.2, -0.15) is 0 Å². The first-order valence-corrected chi connectivity index (χ1v) is 8.28. The molecule has 2 nitrogen and oxygen atoms in total. The molecule has 1 atom stereocenters. The van der Waals surface area contributed by atoms with E-state index in [0.29, 0.717) is 5.41 Å². The second-order valence-corrected chi connectivity index (χ2v) is 7.26. The van der Waals surface area contributed by atoms with Crippen molar-refractivity contribution in [3.63, 3.8) is 0 Å². The topological polar surface area (TPSA) is 15.3 Å². The first-order valence-electron chi connectivity index (χ1n) is 6.61. The second-order valence-electron chi connectivity index (χ2n) is 5.35. The highest BCUT2D eigenvalue weighted by atomic mass is 79.9. The highest BCUT2D eigenvalue weighted by molar-refractivity contribution is 9.10. The van der Waals surface area contributed by atoms with Crippen molar-refractivity contribution >= 4 is 27.3 Å². The lowest BCUT2D eigenvalue weighted by Crippen LogP contribution is -2.40. The lowest BCUT2D eigenvalue weighted by molar-refractivity contribution is 0.177. The van der Waals surface area contributed by atoms with Crippen molar-refractivity contribution < 1.29 is 0 Å². The summed E-state index contributed by atoms with van der Waals surface area (Å²) in [6.45, 7) is 11.1. The van der Waals surface area contributed by atoms with Crippen molar-refractivity contribution in [2.75, 3.05) is 26.7 Å². The summed E-state index contributed by atoms with van der Waals surface area (Å²) < 4.78 is 1.20. The molecule has 0 spiro atoms. The number of nitrogens with one attached hydrogen (secondary N) is 1. The van der Waals surface area contributed by atoms with Crippen molar-refractivity contribution in [3.05, 3.63) is 20.8 Å². The van der Waals surface area contributed by atoms with Crippen LogP contribution in [0.5, 0.6) is 0 Å². The van der Waals surface area contributed by atoms with Crippen LogP contribution in [0.3, 0.4) is 0 Å². The molecule has 0 aromatic carbocycles. The molecule has 1 N–H and O–H groups in total. The number of rotatable bonds is 8. The summed E-state index contributed by atoms with van der Waals surface area (Å²) in [5.74, 6) is 0. The van der Waals surface area contributed by atoms with Gasteiger partial charge in [0.2, 0.25) is 0 Å². The summed E-state index contributed by atoms with van der Waals surface area (Å²) in [7, 11) is 2.22. The predicted octanol–water partition coefficient (Wildman–Crippen LogP) is 3.97. The van der Waals surface area contributed by atoms with E-state index in [0.717, 1.165) is 26.2 Å². The van der Waals surface area contributed by atoms with Crippen LogP contribution < -0.4 is 5.32 Å². The van der Waals surface area contributed by atoms with Gasteiger partial charge in [-0.15, -0.1) is 11.3 Å². The van der Waals surface area contributed by atoms with Crippen LogP contribution in [0.2, 0.25) is 0 Å². The summed E-state index contributed by atoms with van der Waals surface area (Å²) >= 11 is 5.34. The van der Waals surface area contributed by atoms with Crippen LogP contribution in [0.1, 0.15) is 32.1 Å². The van der Waals surface area contributed by atoms with E-state index in [1.807, 2.05) is 11.3 Å². The third kappa shape index (κ3) is 5.39. The van der Waals surface area contributed by atoms with Crippen molar-refractivity contribution in [3.8, 4) is 0 Å². The van der Waals surface area contributed by atoms with Gasteiger partial charge in [0.25, 0.3) is 0 Å². The minimum atomic E-state index is 0.360. The van der Waals surface area contributed by atoms with Crippen LogP contribution in [-0.2, 0) is 6.54 Å². The van der Waals surface area contributed by atoms with Crippen molar-refractivity contribution in [1.82, 2.24) is 10.2 Å². The Morgan fingerprint density at radius 2 is 2.17 bits per heavy atom. The van der Waals surface area contributed by atoms with Gasteiger partial charge in [0.1, 0.15) is 0 Å². The van der Waals surface area contributed by atoms with Gasteiger partial charge >= 0.3 is 0 Å². The number of hydrogen-bond donors (Lipinski definition) is 1. The monoisotopic (exact) mass is 332 g/mol. The predicted molar refractivity (Wildman–Crippen MR) is 85.3 cm³/mol. The zero-order valence-corrected chi connectivity index (χ0v) is 14.3. The number of hydrogen-bond acceptors (Lipinski definition) is 3. The maximum atomic E-state index is 3.51. The summed E-state index contributed by atoms with van der Waals surface area (Å²) in [4.78, 5) is 3.85. The Bertz CT molecular complexity index is 353. The quantitative estimate of drug-likeness (QED) is 0.774. The third-order valence-electron chi connectivity index (χ3n) is 3.35. The minimum Gasteiger partial charge on any atom is -0.316 e. The standard InChI is InChI=1S/C14H25BrN2S/c1-5-14(3,10-16-6-2)11-17(4)8-13-7-12(15)9-18-13/h7,9,16H,5-6,8,10-11H2,1-4H3. The first kappa shape index (κ1) is 16.2. The number of nitrogens with zero attached hydrogens (tertiary/aromatic N) is 1. The SMILES string of the molecule is CCNCC(C)(CC)CN(C)Cc1cc(Br)cs1. The van der Waals surface area contributed by atoms with E-state index in [9.17, 15) is 0 Å². The molecule has 0 aliphatic rings. The molecular weight excluding hydrogens is 308 g/mol. The van der Waals surface area contributed by atoms with Crippen LogP contribution in [-0.4, -0.2) is 31.6 Å². The van der Waals surface area contributed by atoms with Gasteiger partial charge in [0.15, 0.2) is 0 Å². The molecule has 18 heavy (non-hydrogen) atoms. The Balaban J connectivity index is 2.48. The summed E-state index contributed by atoms with van der Waals surface area (Å²) in [5.41, 5.74) is 0.360. The minimum absolute atomic E-state index is 0.360. The lowest BCUT2D eigenvalue weighted by Gasteiger charge is -2.33. The molecule has 0 fully saturated rings. The van der Waals surface area contributed by atoms with Crippen molar-refractivity contribution in [1.29, 1.82) is 0 Å². The van der Waals surface area contributed by atoms with E-state index in [-0.39, 0.29) is 0 Å². The molecular formula is C14H25BrN2S. The van der Waals surface area contributed by atoms with Crippen LogP contribution in [0.25, 0.3) is 0 Å². The van der Waals surface area contributed by atoms with Gasteiger partial charge in [-0.05, 0) is 47.4 Å². The first-order chi connectivity index (χ1) is 8.49. The van der Waals surface area contributed by atoms with Gasteiger partial charge in [-0.1, -0.05) is 20.8 Å². The maximum Gasteiger partial charge on any atom is 0.0325 e. The molecule has 0 aliphatic carbocycles. The fraction of sp³-hybridized carbons (Fsp3) is 0.714. The summed E-state index contributed by atoms with van der Waals surface area (Å²) in [6, 6.07) is 2.22. The fourth-order valence-electron chi connectivity index (χ4n) is 2.13. The van der Waals surface area contributed by atoms with E-state index < -0.39 is 0 Å². The molecule has 1 heterocycles. The highest BCUT2D eigenvalue weighted by Crippen LogP contribution is 2.24. The van der Waals surface area contributed by atoms with Gasteiger partial charge in [0, 0.05) is 34.4 Å². The normalized spacial score (nSPS) is 15.0. The Morgan fingerprint density at radius 3 is 2.67 bits per heavy atom. The Kier molecular flexibility index (Phi) is 6.85. The Hall–Kier alpha value is 0.1000. The summed E-state index contributed by atoms with van der Waals surface area (Å²) in [5, 5.41) is 5.64. The Morgan fingerprint density at radius 1 is 1.44 bits per heavy atom. The molecule has 0 aliphatic heterocycles. The number of thiophene rings is 1. The number of halogens is 1. The smallest absolute Gasteiger partial charge is 0.0325 e. The van der Waals surface area contributed by atoms with Gasteiger partial charge in [-0.3, -0.25) is 0 Å². The Labute approximate surface area is 124 Å². The molecule has 0 saturated heterocycles. The molecule has 0 radical (unpaired) electrons. The average Bonchev–Trinajstić information content (AvgIpc) is 2.72. The van der Waals surface area contributed by atoms with E-state index in [1.54, 1.807) is 0 Å². The average molecular weight is 333 g/mol. The molecule has 1 aromatic heterocycles. The zero-order valence-electron chi connectivity index (χ0n) is 11.9. The van der Waals surface area contributed by atoms with E-state index in [4.69, 9.17) is 0 Å². The maximum absolute atomic E-state index is 3.51. The van der Waals surface area contributed by atoms with Gasteiger partial charge < -0.3 is 10.2 Å². The van der Waals surface area contributed by atoms with Crippen LogP contribution in [0.15, 0.2) is 15.9 Å².